The van der Waals surface area contributed by atoms with Crippen LogP contribution < -0.4 is 0 Å². The number of hydrogen-bond donors (Lipinski definition) is 0. The van der Waals surface area contributed by atoms with Crippen molar-refractivity contribution in [2.24, 2.45) is 0 Å². The van der Waals surface area contributed by atoms with Gasteiger partial charge in [-0.2, -0.15) is 0 Å². The third-order valence-corrected chi connectivity index (χ3v) is 3.12. The molecule has 1 aliphatic rings. The molecule has 1 unspecified atom stereocenters. The first-order valence-electron chi connectivity index (χ1n) is 4.42. The van der Waals surface area contributed by atoms with Gasteiger partial charge in [0.15, 0.2) is 6.04 Å². The summed E-state index contributed by atoms with van der Waals surface area (Å²) in [7, 11) is 2.53. The third-order valence-electron chi connectivity index (χ3n) is 2.30. The van der Waals surface area contributed by atoms with Crippen molar-refractivity contribution in [2.75, 3.05) is 14.2 Å². The number of hydrogen-bond acceptors (Lipinski definition) is 7. The molecule has 0 radical (unpaired) electrons. The Morgan fingerprint density at radius 3 is 2.81 bits per heavy atom. The lowest BCUT2D eigenvalue weighted by Crippen LogP contribution is -2.34. The van der Waals surface area contributed by atoms with E-state index in [4.69, 9.17) is 0 Å². The summed E-state index contributed by atoms with van der Waals surface area (Å²) in [4.78, 5) is 25.0. The molecule has 86 valence electrons. The fourth-order valence-corrected chi connectivity index (χ4v) is 2.32. The fourth-order valence-electron chi connectivity index (χ4n) is 1.56. The second-order valence-electron chi connectivity index (χ2n) is 3.11. The van der Waals surface area contributed by atoms with Crippen molar-refractivity contribution in [3.63, 3.8) is 0 Å². The van der Waals surface area contributed by atoms with Gasteiger partial charge in [0, 0.05) is 0 Å². The maximum Gasteiger partial charge on any atom is 0.410 e. The zero-order valence-corrected chi connectivity index (χ0v) is 9.48. The van der Waals surface area contributed by atoms with Crippen LogP contribution in [0.25, 0.3) is 0 Å². The highest BCUT2D eigenvalue weighted by atomic mass is 32.1. The molecule has 2 rings (SSSR count). The molecule has 8 heteroatoms. The zero-order valence-electron chi connectivity index (χ0n) is 8.67. The molecular weight excluding hydrogens is 234 g/mol. The maximum absolute atomic E-state index is 11.6. The van der Waals surface area contributed by atoms with Crippen LogP contribution in [-0.2, 0) is 20.8 Å². The van der Waals surface area contributed by atoms with E-state index in [0.29, 0.717) is 10.6 Å². The van der Waals surface area contributed by atoms with E-state index in [0.717, 1.165) is 11.5 Å². The van der Waals surface area contributed by atoms with Gasteiger partial charge >= 0.3 is 12.1 Å². The monoisotopic (exact) mass is 243 g/mol. The molecule has 0 fully saturated rings. The fraction of sp³-hybridized carbons (Fsp3) is 0.500. The molecule has 1 aliphatic heterocycles. The molecule has 0 spiro atoms. The second kappa shape index (κ2) is 4.05. The smallest absolute Gasteiger partial charge is 0.410 e. The van der Waals surface area contributed by atoms with Gasteiger partial charge in [-0.3, -0.25) is 4.90 Å². The lowest BCUT2D eigenvalue weighted by molar-refractivity contribution is -0.146. The van der Waals surface area contributed by atoms with Crippen LogP contribution in [0.5, 0.6) is 0 Å². The first-order valence-corrected chi connectivity index (χ1v) is 5.20. The van der Waals surface area contributed by atoms with Gasteiger partial charge in [-0.1, -0.05) is 4.49 Å². The van der Waals surface area contributed by atoms with E-state index < -0.39 is 18.1 Å². The second-order valence-corrected chi connectivity index (χ2v) is 3.89. The summed E-state index contributed by atoms with van der Waals surface area (Å²) in [5.41, 5.74) is 0.616. The summed E-state index contributed by atoms with van der Waals surface area (Å²) in [5.74, 6) is -0.518. The van der Waals surface area contributed by atoms with Crippen molar-refractivity contribution in [2.45, 2.75) is 12.6 Å². The van der Waals surface area contributed by atoms with Crippen LogP contribution >= 0.6 is 11.5 Å². The summed E-state index contributed by atoms with van der Waals surface area (Å²) in [6.07, 6.45) is -0.583. The van der Waals surface area contributed by atoms with Gasteiger partial charge < -0.3 is 9.47 Å². The highest BCUT2D eigenvalue weighted by Crippen LogP contribution is 2.35. The molecule has 16 heavy (non-hydrogen) atoms. The Morgan fingerprint density at radius 1 is 1.44 bits per heavy atom. The van der Waals surface area contributed by atoms with E-state index in [1.165, 1.54) is 19.1 Å². The number of carbonyl (C=O) groups is 2. The molecule has 0 aliphatic carbocycles. The summed E-state index contributed by atoms with van der Waals surface area (Å²) < 4.78 is 13.0. The number of carbonyl (C=O) groups excluding carboxylic acids is 2. The van der Waals surface area contributed by atoms with Crippen molar-refractivity contribution >= 4 is 23.6 Å². The van der Waals surface area contributed by atoms with Gasteiger partial charge in [0.25, 0.3) is 0 Å². The number of esters is 1. The summed E-state index contributed by atoms with van der Waals surface area (Å²) >= 11 is 1.08. The van der Waals surface area contributed by atoms with Crippen molar-refractivity contribution in [1.29, 1.82) is 0 Å². The highest BCUT2D eigenvalue weighted by Gasteiger charge is 2.42. The molecule has 0 saturated carbocycles. The molecular formula is C8H9N3O4S. The van der Waals surface area contributed by atoms with Crippen molar-refractivity contribution in [3.05, 3.63) is 10.6 Å². The van der Waals surface area contributed by atoms with Crippen LogP contribution in [0.15, 0.2) is 0 Å². The molecule has 1 atom stereocenters. The Morgan fingerprint density at radius 2 is 2.19 bits per heavy atom. The van der Waals surface area contributed by atoms with Crippen molar-refractivity contribution in [3.8, 4) is 0 Å². The first-order chi connectivity index (χ1) is 7.69. The minimum Gasteiger partial charge on any atom is -0.467 e. The van der Waals surface area contributed by atoms with Gasteiger partial charge in [0.05, 0.1) is 25.6 Å². The molecule has 0 saturated heterocycles. The highest BCUT2D eigenvalue weighted by molar-refractivity contribution is 7.05. The van der Waals surface area contributed by atoms with E-state index in [1.54, 1.807) is 0 Å². The van der Waals surface area contributed by atoms with E-state index in [-0.39, 0.29) is 6.54 Å². The summed E-state index contributed by atoms with van der Waals surface area (Å²) in [5, 5.41) is 3.84. The van der Waals surface area contributed by atoms with Crippen molar-refractivity contribution < 1.29 is 19.1 Å². The first kappa shape index (κ1) is 10.8. The predicted octanol–water partition coefficient (Wildman–Crippen LogP) is 0.334. The Bertz CT molecular complexity index is 433. The SMILES string of the molecule is COC(=O)C1c2snnc2CN1C(=O)OC. The minimum absolute atomic E-state index is 0.221. The predicted molar refractivity (Wildman–Crippen MR) is 52.6 cm³/mol. The molecule has 1 aromatic heterocycles. The van der Waals surface area contributed by atoms with Crippen LogP contribution in [0.1, 0.15) is 16.6 Å². The number of methoxy groups -OCH3 is 2. The Balaban J connectivity index is 2.34. The van der Waals surface area contributed by atoms with E-state index in [1.807, 2.05) is 0 Å². The van der Waals surface area contributed by atoms with Gasteiger partial charge in [0.1, 0.15) is 5.69 Å². The largest absolute Gasteiger partial charge is 0.467 e. The van der Waals surface area contributed by atoms with Crippen LogP contribution in [0, 0.1) is 0 Å². The van der Waals surface area contributed by atoms with Gasteiger partial charge in [-0.25, -0.2) is 9.59 Å². The zero-order chi connectivity index (χ0) is 11.7. The Labute approximate surface area is 95.1 Å². The number of amides is 1. The van der Waals surface area contributed by atoms with Gasteiger partial charge in [0.2, 0.25) is 0 Å². The number of aromatic nitrogens is 2. The number of nitrogens with zero attached hydrogens (tertiary/aromatic N) is 3. The van der Waals surface area contributed by atoms with E-state index in [9.17, 15) is 9.59 Å². The van der Waals surface area contributed by atoms with Crippen LogP contribution in [0.4, 0.5) is 4.79 Å². The normalized spacial score (nSPS) is 18.1. The topological polar surface area (TPSA) is 81.6 Å². The standard InChI is InChI=1S/C8H9N3O4S/c1-14-7(12)5-6-4(9-10-16-6)3-11(5)8(13)15-2/h5H,3H2,1-2H3. The number of fused-ring (bicyclic) bond motifs is 1. The quantitative estimate of drug-likeness (QED) is 0.661. The maximum atomic E-state index is 11.6. The van der Waals surface area contributed by atoms with E-state index >= 15 is 0 Å². The van der Waals surface area contributed by atoms with Crippen molar-refractivity contribution in [1.82, 2.24) is 14.5 Å². The van der Waals surface area contributed by atoms with E-state index in [2.05, 4.69) is 19.1 Å². The number of rotatable bonds is 1. The molecule has 7 nitrogen and oxygen atoms in total. The average Bonchev–Trinajstić information content (AvgIpc) is 2.86. The van der Waals surface area contributed by atoms with Crippen LogP contribution in [0.2, 0.25) is 0 Å². The lowest BCUT2D eigenvalue weighted by atomic mass is 10.2. The average molecular weight is 243 g/mol. The molecule has 1 aromatic rings. The molecule has 0 N–H and O–H groups in total. The number of ether oxygens (including phenoxy) is 2. The minimum atomic E-state index is -0.785. The Hall–Kier alpha value is -1.70. The Kier molecular flexibility index (Phi) is 2.73. The lowest BCUT2D eigenvalue weighted by Gasteiger charge is -2.20. The molecule has 2 heterocycles. The summed E-state index contributed by atoms with van der Waals surface area (Å²) in [6, 6.07) is -0.785. The molecule has 1 amide bonds. The summed E-state index contributed by atoms with van der Waals surface area (Å²) in [6.45, 7) is 0.221. The molecule has 0 bridgehead atoms. The van der Waals surface area contributed by atoms with Gasteiger partial charge in [-0.05, 0) is 11.5 Å². The van der Waals surface area contributed by atoms with Crippen LogP contribution in [-0.4, -0.2) is 40.8 Å². The van der Waals surface area contributed by atoms with Crippen LogP contribution in [0.3, 0.4) is 0 Å². The molecule has 0 aromatic carbocycles. The van der Waals surface area contributed by atoms with Gasteiger partial charge in [-0.15, -0.1) is 5.10 Å². The third kappa shape index (κ3) is 1.51.